The van der Waals surface area contributed by atoms with Crippen molar-refractivity contribution in [2.24, 2.45) is 0 Å². The van der Waals surface area contributed by atoms with E-state index in [9.17, 15) is 19.7 Å². The number of carbonyl (C=O) groups is 2. The van der Waals surface area contributed by atoms with Crippen molar-refractivity contribution in [1.29, 1.82) is 0 Å². The number of rotatable bonds is 2. The lowest BCUT2D eigenvalue weighted by Crippen LogP contribution is -2.17. The Morgan fingerprint density at radius 1 is 0.741 bits per heavy atom. The van der Waals surface area contributed by atoms with Crippen LogP contribution in [0.1, 0.15) is 31.8 Å². The first-order valence-electron chi connectivity index (χ1n) is 8.30. The van der Waals surface area contributed by atoms with Crippen molar-refractivity contribution in [3.63, 3.8) is 0 Å². The molecular formula is C22H13NO4. The molecule has 0 saturated carbocycles. The molecule has 0 unspecified atom stereocenters. The van der Waals surface area contributed by atoms with Crippen molar-refractivity contribution in [2.75, 3.05) is 0 Å². The Morgan fingerprint density at radius 3 is 1.96 bits per heavy atom. The van der Waals surface area contributed by atoms with Crippen molar-refractivity contribution in [3.8, 4) is 0 Å². The molecule has 2 aromatic carbocycles. The van der Waals surface area contributed by atoms with E-state index in [1.165, 1.54) is 12.2 Å². The van der Waals surface area contributed by atoms with Gasteiger partial charge in [0.15, 0.2) is 5.78 Å². The van der Waals surface area contributed by atoms with Gasteiger partial charge in [-0.2, -0.15) is 0 Å². The van der Waals surface area contributed by atoms with Gasteiger partial charge < -0.3 is 0 Å². The molecule has 2 aliphatic carbocycles. The van der Waals surface area contributed by atoms with Crippen LogP contribution in [0.15, 0.2) is 84.6 Å². The third-order valence-electron chi connectivity index (χ3n) is 4.56. The number of hydrogen-bond acceptors (Lipinski definition) is 4. The van der Waals surface area contributed by atoms with Crippen LogP contribution in [0.25, 0.3) is 11.1 Å². The first-order chi connectivity index (χ1) is 13.1. The number of ketones is 2. The summed E-state index contributed by atoms with van der Waals surface area (Å²) in [7, 11) is 0. The fraction of sp³-hybridized carbons (Fsp3) is 0. The molecule has 2 aliphatic rings. The maximum atomic E-state index is 12.3. The highest BCUT2D eigenvalue weighted by Crippen LogP contribution is 2.31. The molecule has 0 saturated heterocycles. The number of benzene rings is 2. The van der Waals surface area contributed by atoms with Crippen LogP contribution in [-0.2, 0) is 0 Å². The molecular weight excluding hydrogens is 342 g/mol. The summed E-state index contributed by atoms with van der Waals surface area (Å²) in [6, 6.07) is 14.1. The summed E-state index contributed by atoms with van der Waals surface area (Å²) in [6.07, 6.45) is 8.06. The lowest BCUT2D eigenvalue weighted by molar-refractivity contribution is -0.416. The van der Waals surface area contributed by atoms with Crippen molar-refractivity contribution in [2.45, 2.75) is 0 Å². The molecule has 2 aromatic rings. The van der Waals surface area contributed by atoms with E-state index >= 15 is 0 Å². The first kappa shape index (κ1) is 16.6. The number of fused-ring (bicyclic) bond motifs is 2. The molecule has 0 bridgehead atoms. The molecule has 0 aliphatic heterocycles. The second-order valence-corrected chi connectivity index (χ2v) is 6.15. The van der Waals surface area contributed by atoms with Gasteiger partial charge in [-0.05, 0) is 28.3 Å². The van der Waals surface area contributed by atoms with Crippen molar-refractivity contribution in [3.05, 3.63) is 117 Å². The summed E-state index contributed by atoms with van der Waals surface area (Å²) < 4.78 is 0. The molecule has 0 fully saturated rings. The van der Waals surface area contributed by atoms with Gasteiger partial charge in [0.05, 0.1) is 4.92 Å². The molecule has 4 rings (SSSR count). The standard InChI is InChI=1S/C22H13NO4/c24-21-12-11-14(16-5-1-3-7-18(16)21)9-10-15-13-20(23(26)27)22(25)19-8-4-2-6-17(15)19/h1-13H. The number of nitrogens with zero attached hydrogens (tertiary/aromatic N) is 1. The van der Waals surface area contributed by atoms with Gasteiger partial charge in [0.25, 0.3) is 5.78 Å². The highest BCUT2D eigenvalue weighted by atomic mass is 16.6. The Balaban J connectivity index is 1.85. The molecule has 0 atom stereocenters. The average Bonchev–Trinajstić information content (AvgIpc) is 2.69. The second kappa shape index (κ2) is 6.46. The summed E-state index contributed by atoms with van der Waals surface area (Å²) in [5.74, 6) is -0.645. The summed E-state index contributed by atoms with van der Waals surface area (Å²) >= 11 is 0. The van der Waals surface area contributed by atoms with Crippen LogP contribution in [-0.4, -0.2) is 16.5 Å². The van der Waals surface area contributed by atoms with E-state index in [0.717, 1.165) is 11.1 Å². The fourth-order valence-corrected chi connectivity index (χ4v) is 3.25. The number of nitro groups is 1. The molecule has 0 radical (unpaired) electrons. The zero-order chi connectivity index (χ0) is 19.0. The third kappa shape index (κ3) is 2.85. The summed E-state index contributed by atoms with van der Waals surface area (Å²) in [6.45, 7) is 0. The van der Waals surface area contributed by atoms with Gasteiger partial charge in [-0.25, -0.2) is 0 Å². The van der Waals surface area contributed by atoms with Gasteiger partial charge in [0, 0.05) is 17.2 Å². The zero-order valence-electron chi connectivity index (χ0n) is 14.1. The normalized spacial score (nSPS) is 18.3. The number of carbonyl (C=O) groups excluding carboxylic acids is 2. The van der Waals surface area contributed by atoms with Gasteiger partial charge >= 0.3 is 5.70 Å². The summed E-state index contributed by atoms with van der Waals surface area (Å²) in [5, 5.41) is 11.3. The Hall–Kier alpha value is -3.86. The van der Waals surface area contributed by atoms with E-state index in [1.54, 1.807) is 54.6 Å². The van der Waals surface area contributed by atoms with E-state index in [-0.39, 0.29) is 5.78 Å². The van der Waals surface area contributed by atoms with Crippen LogP contribution < -0.4 is 0 Å². The van der Waals surface area contributed by atoms with Crippen molar-refractivity contribution in [1.82, 2.24) is 0 Å². The molecule has 130 valence electrons. The van der Waals surface area contributed by atoms with E-state index in [4.69, 9.17) is 0 Å². The van der Waals surface area contributed by atoms with Crippen LogP contribution in [0.3, 0.4) is 0 Å². The number of Topliss-reactive ketones (excluding diaryl/α,β-unsaturated/α-hetero) is 1. The molecule has 0 aromatic heterocycles. The smallest absolute Gasteiger partial charge is 0.289 e. The lowest BCUT2D eigenvalue weighted by Gasteiger charge is -2.14. The molecule has 0 amide bonds. The molecule has 0 heterocycles. The predicted octanol–water partition coefficient (Wildman–Crippen LogP) is 4.26. The molecule has 27 heavy (non-hydrogen) atoms. The van der Waals surface area contributed by atoms with Crippen LogP contribution in [0.4, 0.5) is 0 Å². The fourth-order valence-electron chi connectivity index (χ4n) is 3.25. The molecule has 0 spiro atoms. The Kier molecular flexibility index (Phi) is 3.97. The predicted molar refractivity (Wildman–Crippen MR) is 102 cm³/mol. The lowest BCUT2D eigenvalue weighted by atomic mass is 9.88. The Morgan fingerprint density at radius 2 is 1.30 bits per heavy atom. The summed E-state index contributed by atoms with van der Waals surface area (Å²) in [4.78, 5) is 34.9. The summed E-state index contributed by atoms with van der Waals surface area (Å²) in [5.41, 5.74) is 3.33. The van der Waals surface area contributed by atoms with Gasteiger partial charge in [0.2, 0.25) is 0 Å². The number of allylic oxidation sites excluding steroid dienone is 8. The maximum Gasteiger partial charge on any atom is 0.317 e. The molecule has 0 N–H and O–H groups in total. The van der Waals surface area contributed by atoms with Gasteiger partial charge in [0.1, 0.15) is 0 Å². The Bertz CT molecular complexity index is 1130. The largest absolute Gasteiger partial charge is 0.317 e. The highest BCUT2D eigenvalue weighted by Gasteiger charge is 2.30. The van der Waals surface area contributed by atoms with Crippen LogP contribution >= 0.6 is 0 Å². The van der Waals surface area contributed by atoms with Gasteiger partial charge in [-0.1, -0.05) is 66.8 Å². The van der Waals surface area contributed by atoms with Crippen molar-refractivity contribution < 1.29 is 14.5 Å². The SMILES string of the molecule is O=C1C=CC(=CC=C2C=C([N+](=O)[O-])C(=O)c3ccccc32)c2ccccc21. The van der Waals surface area contributed by atoms with Crippen LogP contribution in [0.5, 0.6) is 0 Å². The topological polar surface area (TPSA) is 77.3 Å². The van der Waals surface area contributed by atoms with Crippen LogP contribution in [0.2, 0.25) is 0 Å². The minimum absolute atomic E-state index is 0.0560. The minimum atomic E-state index is -0.659. The van der Waals surface area contributed by atoms with Gasteiger partial charge in [-0.15, -0.1) is 0 Å². The molecule has 5 nitrogen and oxygen atoms in total. The van der Waals surface area contributed by atoms with Crippen molar-refractivity contribution >= 4 is 22.7 Å². The highest BCUT2D eigenvalue weighted by molar-refractivity contribution is 6.15. The van der Waals surface area contributed by atoms with E-state index < -0.39 is 16.4 Å². The monoisotopic (exact) mass is 355 g/mol. The number of hydrogen-bond donors (Lipinski definition) is 0. The van der Waals surface area contributed by atoms with E-state index in [0.29, 0.717) is 22.3 Å². The van der Waals surface area contributed by atoms with E-state index in [1.807, 2.05) is 12.1 Å². The van der Waals surface area contributed by atoms with Gasteiger partial charge in [-0.3, -0.25) is 19.7 Å². The quantitative estimate of drug-likeness (QED) is 0.596. The maximum absolute atomic E-state index is 12.3. The average molecular weight is 355 g/mol. The Labute approximate surface area is 154 Å². The zero-order valence-corrected chi connectivity index (χ0v) is 14.1. The van der Waals surface area contributed by atoms with Crippen LogP contribution in [0, 0.1) is 10.1 Å². The third-order valence-corrected chi connectivity index (χ3v) is 4.56. The first-order valence-corrected chi connectivity index (χ1v) is 8.30. The molecule has 5 heteroatoms. The minimum Gasteiger partial charge on any atom is -0.289 e. The second-order valence-electron chi connectivity index (χ2n) is 6.15. The van der Waals surface area contributed by atoms with E-state index in [2.05, 4.69) is 0 Å².